The van der Waals surface area contributed by atoms with E-state index in [0.717, 1.165) is 21.7 Å². The molecular weight excluding hydrogens is 459 g/mol. The highest BCUT2D eigenvalue weighted by molar-refractivity contribution is 7.92. The second kappa shape index (κ2) is 10.1. The van der Waals surface area contributed by atoms with Crippen LogP contribution in [-0.2, 0) is 16.6 Å². The number of para-hydroxylation sites is 1. The Hall–Kier alpha value is -3.59. The predicted molar refractivity (Wildman–Crippen MR) is 131 cm³/mol. The van der Waals surface area contributed by atoms with Gasteiger partial charge in [0, 0.05) is 17.3 Å². The number of carbonyl (C=O) groups is 1. The molecule has 1 amide bonds. The summed E-state index contributed by atoms with van der Waals surface area (Å²) in [6, 6.07) is 14.3. The summed E-state index contributed by atoms with van der Waals surface area (Å²) in [6.45, 7) is 3.41. The van der Waals surface area contributed by atoms with Gasteiger partial charge in [0.2, 0.25) is 10.0 Å². The van der Waals surface area contributed by atoms with Crippen molar-refractivity contribution in [3.63, 3.8) is 0 Å². The molecule has 0 atom stereocenters. The van der Waals surface area contributed by atoms with Crippen molar-refractivity contribution < 1.29 is 27.1 Å². The van der Waals surface area contributed by atoms with Gasteiger partial charge in [-0.3, -0.25) is 9.10 Å². The number of rotatable bonds is 8. The highest BCUT2D eigenvalue weighted by atomic mass is 32.2. The molecule has 0 bridgehead atoms. The van der Waals surface area contributed by atoms with E-state index in [1.165, 1.54) is 44.6 Å². The van der Waals surface area contributed by atoms with Crippen molar-refractivity contribution in [2.75, 3.05) is 30.1 Å². The number of nitrogens with one attached hydrogen (secondary N) is 1. The highest BCUT2D eigenvalue weighted by Crippen LogP contribution is 2.37. The minimum atomic E-state index is -3.93. The molecule has 180 valence electrons. The number of hydrogen-bond acceptors (Lipinski definition) is 5. The molecule has 3 rings (SSSR count). The Balaban J connectivity index is 2.19. The van der Waals surface area contributed by atoms with E-state index < -0.39 is 21.7 Å². The first-order valence-electron chi connectivity index (χ1n) is 10.4. The van der Waals surface area contributed by atoms with Gasteiger partial charge in [-0.25, -0.2) is 12.8 Å². The first-order chi connectivity index (χ1) is 16.1. The predicted octanol–water partition coefficient (Wildman–Crippen LogP) is 4.68. The van der Waals surface area contributed by atoms with E-state index in [2.05, 4.69) is 5.32 Å². The number of sulfonamides is 1. The van der Waals surface area contributed by atoms with E-state index in [9.17, 15) is 17.6 Å². The van der Waals surface area contributed by atoms with E-state index in [1.807, 2.05) is 32.0 Å². The zero-order chi connectivity index (χ0) is 25.0. The molecule has 0 aromatic heterocycles. The van der Waals surface area contributed by atoms with E-state index in [0.29, 0.717) is 5.69 Å². The van der Waals surface area contributed by atoms with Crippen LogP contribution in [0.2, 0.25) is 0 Å². The van der Waals surface area contributed by atoms with Crippen molar-refractivity contribution >= 4 is 27.3 Å². The molecule has 0 fully saturated rings. The quantitative estimate of drug-likeness (QED) is 0.500. The number of halogens is 1. The summed E-state index contributed by atoms with van der Waals surface area (Å²) < 4.78 is 51.8. The van der Waals surface area contributed by atoms with Crippen LogP contribution < -0.4 is 19.1 Å². The lowest BCUT2D eigenvalue weighted by Gasteiger charge is -2.26. The molecule has 0 unspecified atom stereocenters. The van der Waals surface area contributed by atoms with Gasteiger partial charge in [-0.05, 0) is 37.1 Å². The lowest BCUT2D eigenvalue weighted by molar-refractivity contribution is 0.102. The molecule has 0 aliphatic heterocycles. The van der Waals surface area contributed by atoms with Gasteiger partial charge in [0.25, 0.3) is 5.91 Å². The van der Waals surface area contributed by atoms with Crippen LogP contribution in [0.3, 0.4) is 0 Å². The summed E-state index contributed by atoms with van der Waals surface area (Å²) in [5, 5.41) is 2.87. The highest BCUT2D eigenvalue weighted by Gasteiger charge is 2.27. The number of hydrogen-bond donors (Lipinski definition) is 1. The van der Waals surface area contributed by atoms with E-state index >= 15 is 0 Å². The Labute approximate surface area is 199 Å². The molecule has 3 aromatic carbocycles. The van der Waals surface area contributed by atoms with Gasteiger partial charge < -0.3 is 14.8 Å². The maximum Gasteiger partial charge on any atom is 0.257 e. The van der Waals surface area contributed by atoms with Crippen LogP contribution in [0, 0.1) is 19.7 Å². The number of anilines is 2. The lowest BCUT2D eigenvalue weighted by atomic mass is 10.1. The Kier molecular flexibility index (Phi) is 7.46. The van der Waals surface area contributed by atoms with Crippen LogP contribution in [0.15, 0.2) is 54.6 Å². The average Bonchev–Trinajstić information content (AvgIpc) is 2.79. The topological polar surface area (TPSA) is 84.9 Å². The van der Waals surface area contributed by atoms with E-state index in [1.54, 1.807) is 6.07 Å². The molecule has 0 aliphatic carbocycles. The molecule has 1 N–H and O–H groups in total. The second-order valence-electron chi connectivity index (χ2n) is 7.81. The molecule has 34 heavy (non-hydrogen) atoms. The molecule has 0 radical (unpaired) electrons. The van der Waals surface area contributed by atoms with Crippen molar-refractivity contribution in [3.05, 3.63) is 82.7 Å². The minimum absolute atomic E-state index is 0.0297. The van der Waals surface area contributed by atoms with Crippen molar-refractivity contribution in [1.82, 2.24) is 0 Å². The van der Waals surface area contributed by atoms with Crippen molar-refractivity contribution in [2.45, 2.75) is 20.4 Å². The van der Waals surface area contributed by atoms with Crippen LogP contribution in [0.4, 0.5) is 15.8 Å². The zero-order valence-electron chi connectivity index (χ0n) is 19.7. The molecule has 3 aromatic rings. The van der Waals surface area contributed by atoms with Gasteiger partial charge in [0.15, 0.2) is 11.5 Å². The molecule has 0 spiro atoms. The molecule has 0 heterocycles. The lowest BCUT2D eigenvalue weighted by Crippen LogP contribution is -2.32. The van der Waals surface area contributed by atoms with Gasteiger partial charge >= 0.3 is 0 Å². The number of nitrogens with zero attached hydrogens (tertiary/aromatic N) is 1. The Morgan fingerprint density at radius 2 is 1.56 bits per heavy atom. The average molecular weight is 487 g/mol. The minimum Gasteiger partial charge on any atom is -0.493 e. The Morgan fingerprint density at radius 1 is 0.971 bits per heavy atom. The van der Waals surface area contributed by atoms with Crippen LogP contribution in [0.25, 0.3) is 0 Å². The van der Waals surface area contributed by atoms with Crippen LogP contribution >= 0.6 is 0 Å². The normalized spacial score (nSPS) is 11.1. The fraction of sp³-hybridized carbons (Fsp3) is 0.240. The largest absolute Gasteiger partial charge is 0.493 e. The maximum atomic E-state index is 14.4. The van der Waals surface area contributed by atoms with Gasteiger partial charge in [0.05, 0.1) is 38.3 Å². The third-order valence-corrected chi connectivity index (χ3v) is 6.53. The fourth-order valence-corrected chi connectivity index (χ4v) is 4.49. The number of ether oxygens (including phenoxy) is 2. The van der Waals surface area contributed by atoms with Gasteiger partial charge in [-0.1, -0.05) is 36.4 Å². The molecular formula is C25H27FN2O5S. The summed E-state index contributed by atoms with van der Waals surface area (Å²) in [4.78, 5) is 13.5. The summed E-state index contributed by atoms with van der Waals surface area (Å²) in [7, 11) is -1.11. The standard InChI is InChI=1S/C25H27FN2O5S/c1-16-9-8-10-17(2)24(16)27-25(29)19-13-22(32-3)23(33-4)14-21(19)28(34(5,30)31)15-18-11-6-7-12-20(18)26/h6-14H,15H2,1-5H3,(H,27,29). The van der Waals surface area contributed by atoms with Crippen LogP contribution in [0.5, 0.6) is 11.5 Å². The molecule has 0 saturated carbocycles. The molecule has 9 heteroatoms. The Bertz CT molecular complexity index is 1300. The fourth-order valence-electron chi connectivity index (χ4n) is 3.61. The summed E-state index contributed by atoms with van der Waals surface area (Å²) in [5.74, 6) is -0.630. The second-order valence-corrected chi connectivity index (χ2v) is 9.71. The molecule has 0 aliphatic rings. The smallest absolute Gasteiger partial charge is 0.257 e. The summed E-state index contributed by atoms with van der Waals surface area (Å²) >= 11 is 0. The van der Waals surface area contributed by atoms with Crippen LogP contribution in [-0.4, -0.2) is 34.8 Å². The first kappa shape index (κ1) is 25.0. The number of aryl methyl sites for hydroxylation is 2. The van der Waals surface area contributed by atoms with Crippen LogP contribution in [0.1, 0.15) is 27.0 Å². The first-order valence-corrected chi connectivity index (χ1v) is 12.3. The number of carbonyl (C=O) groups excluding carboxylic acids is 1. The monoisotopic (exact) mass is 486 g/mol. The summed E-state index contributed by atoms with van der Waals surface area (Å²) in [6.07, 6.45) is 0.998. The zero-order valence-corrected chi connectivity index (χ0v) is 20.5. The van der Waals surface area contributed by atoms with Gasteiger partial charge in [-0.15, -0.1) is 0 Å². The van der Waals surface area contributed by atoms with E-state index in [-0.39, 0.29) is 34.9 Å². The molecule has 7 nitrogen and oxygen atoms in total. The van der Waals surface area contributed by atoms with Gasteiger partial charge in [-0.2, -0.15) is 0 Å². The van der Waals surface area contributed by atoms with Crippen molar-refractivity contribution in [2.24, 2.45) is 0 Å². The SMILES string of the molecule is COc1cc(C(=O)Nc2c(C)cccc2C)c(N(Cc2ccccc2F)S(C)(=O)=O)cc1OC. The molecule has 0 saturated heterocycles. The number of methoxy groups -OCH3 is 2. The number of benzene rings is 3. The van der Waals surface area contributed by atoms with Crippen molar-refractivity contribution in [3.8, 4) is 11.5 Å². The third-order valence-electron chi connectivity index (χ3n) is 5.41. The van der Waals surface area contributed by atoms with Gasteiger partial charge in [0.1, 0.15) is 5.82 Å². The van der Waals surface area contributed by atoms with E-state index in [4.69, 9.17) is 9.47 Å². The number of amides is 1. The maximum absolute atomic E-state index is 14.4. The van der Waals surface area contributed by atoms with Crippen molar-refractivity contribution in [1.29, 1.82) is 0 Å². The Morgan fingerprint density at radius 3 is 2.12 bits per heavy atom. The third kappa shape index (κ3) is 5.31. The summed E-state index contributed by atoms with van der Waals surface area (Å²) in [5.41, 5.74) is 2.54.